The first-order chi connectivity index (χ1) is 4.84. The Bertz CT molecular complexity index is 224. The van der Waals surface area contributed by atoms with Crippen LogP contribution in [0.4, 0.5) is 0 Å². The fourth-order valence-corrected chi connectivity index (χ4v) is 0.490. The van der Waals surface area contributed by atoms with Crippen molar-refractivity contribution in [3.8, 4) is 0 Å². The Balaban J connectivity index is 2.85. The summed E-state index contributed by atoms with van der Waals surface area (Å²) in [5, 5.41) is 15.0. The molecule has 0 radical (unpaired) electrons. The highest BCUT2D eigenvalue weighted by Crippen LogP contribution is 1.91. The van der Waals surface area contributed by atoms with Crippen LogP contribution in [-0.4, -0.2) is 21.3 Å². The Kier molecular flexibility index (Phi) is 1.91. The van der Waals surface area contributed by atoms with E-state index in [9.17, 15) is 4.79 Å². The Hall–Kier alpha value is -1.49. The summed E-state index contributed by atoms with van der Waals surface area (Å²) in [4.78, 5) is 10.6. The van der Waals surface area contributed by atoms with Crippen LogP contribution in [0.15, 0.2) is 18.5 Å². The van der Waals surface area contributed by atoms with Crippen molar-refractivity contribution in [1.29, 1.82) is 0 Å². The third kappa shape index (κ3) is 1.26. The van der Waals surface area contributed by atoms with Gasteiger partial charge in [-0.15, -0.1) is 0 Å². The number of hydrogen-bond donors (Lipinski definition) is 2. The van der Waals surface area contributed by atoms with Crippen molar-refractivity contribution in [2.75, 3.05) is 0 Å². The van der Waals surface area contributed by atoms with Gasteiger partial charge in [0, 0.05) is 0 Å². The normalized spacial score (nSPS) is 8.90. The average molecular weight is 139 g/mol. The Labute approximate surface area is 56.7 Å². The number of amides is 1. The summed E-state index contributed by atoms with van der Waals surface area (Å²) in [6.45, 7) is 0. The zero-order chi connectivity index (χ0) is 7.40. The lowest BCUT2D eigenvalue weighted by atomic mass is 10.3. The summed E-state index contributed by atoms with van der Waals surface area (Å²) >= 11 is 0. The van der Waals surface area contributed by atoms with Gasteiger partial charge in [-0.05, 0) is 6.07 Å². The standard InChI is InChI=1S/C5H5N3O2/c9-5(8-10)4-1-2-6-7-3-4/h1-3,10H,(H,8,9). The second kappa shape index (κ2) is 2.88. The molecule has 1 amide bonds. The Morgan fingerprint density at radius 2 is 2.40 bits per heavy atom. The SMILES string of the molecule is O=C(NO)c1ccnnc1. The fourth-order valence-electron chi connectivity index (χ4n) is 0.490. The van der Waals surface area contributed by atoms with Gasteiger partial charge in [0.05, 0.1) is 18.0 Å². The van der Waals surface area contributed by atoms with Crippen molar-refractivity contribution in [2.45, 2.75) is 0 Å². The summed E-state index contributed by atoms with van der Waals surface area (Å²) < 4.78 is 0. The van der Waals surface area contributed by atoms with Crippen LogP contribution in [0.1, 0.15) is 10.4 Å². The molecular weight excluding hydrogens is 134 g/mol. The zero-order valence-electron chi connectivity index (χ0n) is 4.98. The van der Waals surface area contributed by atoms with E-state index < -0.39 is 5.91 Å². The first kappa shape index (κ1) is 6.63. The molecule has 5 nitrogen and oxygen atoms in total. The van der Waals surface area contributed by atoms with Gasteiger partial charge in [-0.25, -0.2) is 5.48 Å². The molecule has 0 aliphatic heterocycles. The molecule has 10 heavy (non-hydrogen) atoms. The van der Waals surface area contributed by atoms with Crippen LogP contribution in [0.3, 0.4) is 0 Å². The van der Waals surface area contributed by atoms with Gasteiger partial charge in [-0.3, -0.25) is 10.0 Å². The molecule has 1 rings (SSSR count). The van der Waals surface area contributed by atoms with Gasteiger partial charge in [0.25, 0.3) is 5.91 Å². The molecule has 0 fully saturated rings. The maximum absolute atomic E-state index is 10.6. The lowest BCUT2D eigenvalue weighted by Crippen LogP contribution is -2.18. The Morgan fingerprint density at radius 3 is 2.90 bits per heavy atom. The Morgan fingerprint density at radius 1 is 1.60 bits per heavy atom. The highest BCUT2D eigenvalue weighted by atomic mass is 16.5. The van der Waals surface area contributed by atoms with E-state index in [4.69, 9.17) is 5.21 Å². The van der Waals surface area contributed by atoms with Crippen molar-refractivity contribution in [3.05, 3.63) is 24.0 Å². The molecule has 1 heterocycles. The second-order valence-electron chi connectivity index (χ2n) is 1.57. The first-order valence-corrected chi connectivity index (χ1v) is 2.55. The molecule has 0 aliphatic rings. The molecule has 0 aliphatic carbocycles. The number of aromatic nitrogens is 2. The van der Waals surface area contributed by atoms with Gasteiger partial charge in [0.2, 0.25) is 0 Å². The fraction of sp³-hybridized carbons (Fsp3) is 0. The van der Waals surface area contributed by atoms with E-state index in [2.05, 4.69) is 10.2 Å². The van der Waals surface area contributed by atoms with Gasteiger partial charge in [-0.1, -0.05) is 0 Å². The number of rotatable bonds is 1. The number of hydroxylamine groups is 1. The molecule has 5 heteroatoms. The van der Waals surface area contributed by atoms with Crippen molar-refractivity contribution >= 4 is 5.91 Å². The van der Waals surface area contributed by atoms with Crippen LogP contribution in [-0.2, 0) is 0 Å². The summed E-state index contributed by atoms with van der Waals surface area (Å²) in [6, 6.07) is 1.44. The van der Waals surface area contributed by atoms with E-state index in [0.29, 0.717) is 0 Å². The summed E-state index contributed by atoms with van der Waals surface area (Å²) in [7, 11) is 0. The third-order valence-corrected chi connectivity index (χ3v) is 0.948. The van der Waals surface area contributed by atoms with Gasteiger partial charge in [-0.2, -0.15) is 10.2 Å². The molecule has 1 aromatic rings. The molecule has 0 spiro atoms. The number of nitrogens with zero attached hydrogens (tertiary/aromatic N) is 2. The first-order valence-electron chi connectivity index (χ1n) is 2.55. The lowest BCUT2D eigenvalue weighted by molar-refractivity contribution is 0.0705. The van der Waals surface area contributed by atoms with Crippen LogP contribution in [0.25, 0.3) is 0 Å². The van der Waals surface area contributed by atoms with E-state index in [1.807, 2.05) is 0 Å². The highest BCUT2D eigenvalue weighted by molar-refractivity contribution is 5.92. The van der Waals surface area contributed by atoms with Gasteiger partial charge >= 0.3 is 0 Å². The summed E-state index contributed by atoms with van der Waals surface area (Å²) in [5.41, 5.74) is 1.75. The van der Waals surface area contributed by atoms with Gasteiger partial charge in [0.15, 0.2) is 0 Å². The molecule has 0 saturated heterocycles. The minimum absolute atomic E-state index is 0.275. The highest BCUT2D eigenvalue weighted by Gasteiger charge is 2.00. The van der Waals surface area contributed by atoms with Crippen LogP contribution < -0.4 is 5.48 Å². The van der Waals surface area contributed by atoms with Crippen LogP contribution in [0, 0.1) is 0 Å². The maximum Gasteiger partial charge on any atom is 0.276 e. The number of nitrogens with one attached hydrogen (secondary N) is 1. The van der Waals surface area contributed by atoms with E-state index >= 15 is 0 Å². The van der Waals surface area contributed by atoms with E-state index in [0.717, 1.165) is 0 Å². The lowest BCUT2D eigenvalue weighted by Gasteiger charge is -1.93. The molecule has 2 N–H and O–H groups in total. The monoisotopic (exact) mass is 139 g/mol. The molecule has 0 aromatic carbocycles. The molecule has 0 atom stereocenters. The number of carbonyl (C=O) groups is 1. The number of carbonyl (C=O) groups excluding carboxylic acids is 1. The van der Waals surface area contributed by atoms with E-state index in [1.54, 1.807) is 0 Å². The molecule has 52 valence electrons. The molecule has 0 saturated carbocycles. The average Bonchev–Trinajstić information content (AvgIpc) is 2.05. The predicted molar refractivity (Wildman–Crippen MR) is 31.3 cm³/mol. The summed E-state index contributed by atoms with van der Waals surface area (Å²) in [6.07, 6.45) is 2.62. The van der Waals surface area contributed by atoms with Crippen LogP contribution in [0.5, 0.6) is 0 Å². The van der Waals surface area contributed by atoms with Crippen molar-refractivity contribution in [2.24, 2.45) is 0 Å². The zero-order valence-corrected chi connectivity index (χ0v) is 4.98. The number of hydrogen-bond acceptors (Lipinski definition) is 4. The van der Waals surface area contributed by atoms with Crippen molar-refractivity contribution < 1.29 is 10.0 Å². The topological polar surface area (TPSA) is 75.1 Å². The minimum atomic E-state index is -0.588. The van der Waals surface area contributed by atoms with Crippen LogP contribution in [0.2, 0.25) is 0 Å². The predicted octanol–water partition coefficient (Wildman–Crippen LogP) is -0.404. The molecule has 0 bridgehead atoms. The van der Waals surface area contributed by atoms with E-state index in [1.165, 1.54) is 23.9 Å². The largest absolute Gasteiger partial charge is 0.288 e. The smallest absolute Gasteiger partial charge is 0.276 e. The van der Waals surface area contributed by atoms with Gasteiger partial charge < -0.3 is 0 Å². The van der Waals surface area contributed by atoms with Crippen molar-refractivity contribution in [1.82, 2.24) is 15.7 Å². The minimum Gasteiger partial charge on any atom is -0.288 e. The summed E-state index contributed by atoms with van der Waals surface area (Å²) in [5.74, 6) is -0.588. The second-order valence-corrected chi connectivity index (χ2v) is 1.57. The van der Waals surface area contributed by atoms with Crippen molar-refractivity contribution in [3.63, 3.8) is 0 Å². The quantitative estimate of drug-likeness (QED) is 0.410. The van der Waals surface area contributed by atoms with E-state index in [-0.39, 0.29) is 5.56 Å². The molecular formula is C5H5N3O2. The molecule has 1 aromatic heterocycles. The maximum atomic E-state index is 10.6. The molecule has 0 unspecified atom stereocenters. The van der Waals surface area contributed by atoms with Crippen LogP contribution >= 0.6 is 0 Å². The third-order valence-electron chi connectivity index (χ3n) is 0.948. The van der Waals surface area contributed by atoms with Gasteiger partial charge in [0.1, 0.15) is 0 Å².